The highest BCUT2D eigenvalue weighted by atomic mass is 35.5. The third-order valence-electron chi connectivity index (χ3n) is 4.40. The predicted molar refractivity (Wildman–Crippen MR) is 108 cm³/mol. The van der Waals surface area contributed by atoms with Crippen LogP contribution < -0.4 is 5.32 Å². The zero-order valence-electron chi connectivity index (χ0n) is 15.0. The van der Waals surface area contributed by atoms with Crippen molar-refractivity contribution in [2.45, 2.75) is 13.3 Å². The van der Waals surface area contributed by atoms with Gasteiger partial charge in [-0.15, -0.1) is 0 Å². The fraction of sp³-hybridized carbons (Fsp3) is 0.0909. The van der Waals surface area contributed by atoms with Gasteiger partial charge in [-0.3, -0.25) is 4.79 Å². The minimum absolute atomic E-state index is 0.227. The molecule has 0 unspecified atom stereocenters. The lowest BCUT2D eigenvalue weighted by Gasteiger charge is -2.08. The van der Waals surface area contributed by atoms with Gasteiger partial charge in [-0.1, -0.05) is 30.7 Å². The van der Waals surface area contributed by atoms with Crippen molar-refractivity contribution in [2.24, 2.45) is 0 Å². The Morgan fingerprint density at radius 2 is 2.00 bits per heavy atom. The molecular formula is C22H16ClFN2O2. The number of aromatic nitrogens is 1. The van der Waals surface area contributed by atoms with Crippen molar-refractivity contribution in [2.75, 3.05) is 5.32 Å². The zero-order chi connectivity index (χ0) is 19.7. The van der Waals surface area contributed by atoms with Gasteiger partial charge < -0.3 is 9.73 Å². The van der Waals surface area contributed by atoms with E-state index in [2.05, 4.69) is 17.2 Å². The van der Waals surface area contributed by atoms with Gasteiger partial charge in [0.2, 0.25) is 5.89 Å². The molecule has 3 aromatic carbocycles. The highest BCUT2D eigenvalue weighted by molar-refractivity contribution is 6.33. The average molecular weight is 395 g/mol. The number of halogens is 2. The molecular weight excluding hydrogens is 379 g/mol. The number of oxazole rings is 1. The van der Waals surface area contributed by atoms with E-state index < -0.39 is 11.7 Å². The van der Waals surface area contributed by atoms with Crippen LogP contribution in [0.5, 0.6) is 0 Å². The van der Waals surface area contributed by atoms with Crippen LogP contribution in [-0.4, -0.2) is 10.9 Å². The Hall–Kier alpha value is -3.18. The Morgan fingerprint density at radius 1 is 1.14 bits per heavy atom. The summed E-state index contributed by atoms with van der Waals surface area (Å²) in [4.78, 5) is 16.9. The lowest BCUT2D eigenvalue weighted by atomic mass is 10.1. The van der Waals surface area contributed by atoms with Gasteiger partial charge >= 0.3 is 0 Å². The van der Waals surface area contributed by atoms with Gasteiger partial charge in [0, 0.05) is 11.3 Å². The molecule has 4 nitrogen and oxygen atoms in total. The highest BCUT2D eigenvalue weighted by Gasteiger charge is 2.14. The van der Waals surface area contributed by atoms with Gasteiger partial charge in [-0.2, -0.15) is 0 Å². The Kier molecular flexibility index (Phi) is 4.84. The number of carbonyl (C=O) groups excluding carboxylic acids is 1. The topological polar surface area (TPSA) is 55.1 Å². The van der Waals surface area contributed by atoms with Crippen LogP contribution in [0.25, 0.3) is 22.6 Å². The monoisotopic (exact) mass is 394 g/mol. The van der Waals surface area contributed by atoms with E-state index in [1.807, 2.05) is 18.2 Å². The van der Waals surface area contributed by atoms with Crippen molar-refractivity contribution in [3.05, 3.63) is 82.6 Å². The van der Waals surface area contributed by atoms with Crippen molar-refractivity contribution >= 4 is 34.3 Å². The number of rotatable bonds is 4. The van der Waals surface area contributed by atoms with Crippen molar-refractivity contribution in [1.29, 1.82) is 0 Å². The van der Waals surface area contributed by atoms with Gasteiger partial charge in [0.15, 0.2) is 5.58 Å². The number of nitrogens with zero attached hydrogens (tertiary/aromatic N) is 1. The standard InChI is InChI=1S/C22H16ClFN2O2/c1-2-13-6-9-20-19(10-13)26-22(28-20)17-12-16(7-8-18(17)23)25-21(27)14-4-3-5-15(24)11-14/h3-12H,2H2,1H3,(H,25,27). The quantitative estimate of drug-likeness (QED) is 0.455. The van der Waals surface area contributed by atoms with E-state index in [0.717, 1.165) is 17.5 Å². The van der Waals surface area contributed by atoms with Gasteiger partial charge in [-0.05, 0) is 60.5 Å². The molecule has 1 aromatic heterocycles. The molecule has 140 valence electrons. The molecule has 0 atom stereocenters. The van der Waals surface area contributed by atoms with Crippen LogP contribution in [0.1, 0.15) is 22.8 Å². The highest BCUT2D eigenvalue weighted by Crippen LogP contribution is 2.32. The van der Waals surface area contributed by atoms with Crippen molar-refractivity contribution in [1.82, 2.24) is 4.98 Å². The van der Waals surface area contributed by atoms with E-state index in [1.165, 1.54) is 18.2 Å². The smallest absolute Gasteiger partial charge is 0.255 e. The first-order valence-electron chi connectivity index (χ1n) is 8.80. The maximum Gasteiger partial charge on any atom is 0.255 e. The van der Waals surface area contributed by atoms with E-state index in [9.17, 15) is 9.18 Å². The second kappa shape index (κ2) is 7.44. The van der Waals surface area contributed by atoms with Crippen molar-refractivity contribution in [3.63, 3.8) is 0 Å². The fourth-order valence-corrected chi connectivity index (χ4v) is 3.11. The Morgan fingerprint density at radius 3 is 2.79 bits per heavy atom. The Balaban J connectivity index is 1.66. The molecule has 0 saturated heterocycles. The molecule has 0 radical (unpaired) electrons. The molecule has 1 heterocycles. The summed E-state index contributed by atoms with van der Waals surface area (Å²) in [5, 5.41) is 3.19. The number of hydrogen-bond donors (Lipinski definition) is 1. The molecule has 1 amide bonds. The van der Waals surface area contributed by atoms with E-state index >= 15 is 0 Å². The van der Waals surface area contributed by atoms with E-state index in [4.69, 9.17) is 16.0 Å². The molecule has 28 heavy (non-hydrogen) atoms. The number of benzene rings is 3. The number of aryl methyl sites for hydroxylation is 1. The summed E-state index contributed by atoms with van der Waals surface area (Å²) in [6.45, 7) is 2.07. The molecule has 0 aliphatic carbocycles. The first-order valence-corrected chi connectivity index (χ1v) is 9.17. The first-order chi connectivity index (χ1) is 13.5. The summed E-state index contributed by atoms with van der Waals surface area (Å²) in [7, 11) is 0. The lowest BCUT2D eigenvalue weighted by Crippen LogP contribution is -2.12. The summed E-state index contributed by atoms with van der Waals surface area (Å²) in [6.07, 6.45) is 0.903. The minimum Gasteiger partial charge on any atom is -0.436 e. The van der Waals surface area contributed by atoms with E-state index in [-0.39, 0.29) is 5.56 Å². The zero-order valence-corrected chi connectivity index (χ0v) is 15.8. The molecule has 4 rings (SSSR count). The average Bonchev–Trinajstić information content (AvgIpc) is 3.12. The van der Waals surface area contributed by atoms with Crippen molar-refractivity contribution < 1.29 is 13.6 Å². The number of fused-ring (bicyclic) bond motifs is 1. The third-order valence-corrected chi connectivity index (χ3v) is 4.73. The number of amides is 1. The van der Waals surface area contributed by atoms with Crippen LogP contribution in [-0.2, 0) is 6.42 Å². The van der Waals surface area contributed by atoms with E-state index in [1.54, 1.807) is 24.3 Å². The maximum atomic E-state index is 13.3. The van der Waals surface area contributed by atoms with Gasteiger partial charge in [0.25, 0.3) is 5.91 Å². The molecule has 0 aliphatic rings. The van der Waals surface area contributed by atoms with Crippen LogP contribution in [0.2, 0.25) is 5.02 Å². The van der Waals surface area contributed by atoms with Gasteiger partial charge in [-0.25, -0.2) is 9.37 Å². The van der Waals surface area contributed by atoms with E-state index in [0.29, 0.717) is 27.7 Å². The van der Waals surface area contributed by atoms with Crippen molar-refractivity contribution in [3.8, 4) is 11.5 Å². The summed E-state index contributed by atoms with van der Waals surface area (Å²) in [5.74, 6) is -0.518. The maximum absolute atomic E-state index is 13.3. The summed E-state index contributed by atoms with van der Waals surface area (Å²) in [5.41, 5.74) is 3.87. The minimum atomic E-state index is -0.470. The molecule has 6 heteroatoms. The largest absolute Gasteiger partial charge is 0.436 e. The summed E-state index contributed by atoms with van der Waals surface area (Å²) < 4.78 is 19.2. The molecule has 0 fully saturated rings. The van der Waals surface area contributed by atoms with Gasteiger partial charge in [0.05, 0.1) is 10.6 Å². The second-order valence-electron chi connectivity index (χ2n) is 6.33. The van der Waals surface area contributed by atoms with Gasteiger partial charge in [0.1, 0.15) is 11.3 Å². The SMILES string of the molecule is CCc1ccc2oc(-c3cc(NC(=O)c4cccc(F)c4)ccc3Cl)nc2c1. The molecule has 0 aliphatic heterocycles. The Labute approximate surface area is 166 Å². The number of carbonyl (C=O) groups is 1. The summed E-state index contributed by atoms with van der Waals surface area (Å²) in [6, 6.07) is 16.4. The summed E-state index contributed by atoms with van der Waals surface area (Å²) >= 11 is 6.33. The number of nitrogens with one attached hydrogen (secondary N) is 1. The lowest BCUT2D eigenvalue weighted by molar-refractivity contribution is 0.102. The second-order valence-corrected chi connectivity index (χ2v) is 6.74. The van der Waals surface area contributed by atoms with Crippen LogP contribution in [0.4, 0.5) is 10.1 Å². The third kappa shape index (κ3) is 3.62. The molecule has 0 saturated carbocycles. The first kappa shape index (κ1) is 18.2. The van der Waals surface area contributed by atoms with Crippen LogP contribution >= 0.6 is 11.6 Å². The van der Waals surface area contributed by atoms with Crippen LogP contribution in [0, 0.1) is 5.82 Å². The number of hydrogen-bond acceptors (Lipinski definition) is 3. The Bertz CT molecular complexity index is 1190. The molecule has 0 bridgehead atoms. The fourth-order valence-electron chi connectivity index (χ4n) is 2.91. The molecule has 0 spiro atoms. The molecule has 4 aromatic rings. The van der Waals surface area contributed by atoms with Crippen LogP contribution in [0.15, 0.2) is 65.1 Å². The molecule has 1 N–H and O–H groups in total. The van der Waals surface area contributed by atoms with Crippen LogP contribution in [0.3, 0.4) is 0 Å². The predicted octanol–water partition coefficient (Wildman–Crippen LogP) is 6.10. The number of anilines is 1. The normalized spacial score (nSPS) is 11.0.